The molecule has 4 aromatic rings. The maximum atomic E-state index is 14.3. The zero-order valence-electron chi connectivity index (χ0n) is 25.0. The van der Waals surface area contributed by atoms with Crippen LogP contribution in [0.3, 0.4) is 0 Å². The summed E-state index contributed by atoms with van der Waals surface area (Å²) in [5.41, 5.74) is -0.538. The number of nitrogens with one attached hydrogen (secondary N) is 1. The zero-order valence-corrected chi connectivity index (χ0v) is 25.9. The molecule has 3 heterocycles. The third-order valence-corrected chi connectivity index (χ3v) is 8.83. The zero-order chi connectivity index (χ0) is 35.3. The summed E-state index contributed by atoms with van der Waals surface area (Å²) in [6, 6.07) is 14.4. The van der Waals surface area contributed by atoms with Gasteiger partial charge in [0.05, 0.1) is 29.7 Å². The molecule has 1 amide bonds. The van der Waals surface area contributed by atoms with Gasteiger partial charge >= 0.3 is 28.5 Å². The first kappa shape index (κ1) is 35.0. The average Bonchev–Trinajstić information content (AvgIpc) is 3.56. The van der Waals surface area contributed by atoms with Crippen LogP contribution >= 0.6 is 0 Å². The molecule has 17 nitrogen and oxygen atoms in total. The van der Waals surface area contributed by atoms with E-state index >= 15 is 0 Å². The van der Waals surface area contributed by atoms with Crippen molar-refractivity contribution in [1.82, 2.24) is 14.7 Å². The molecule has 0 aliphatic carbocycles. The molecule has 20 heteroatoms. The number of alkyl halides is 2. The van der Waals surface area contributed by atoms with Crippen LogP contribution < -0.4 is 25.4 Å². The highest BCUT2D eigenvalue weighted by molar-refractivity contribution is 7.91. The number of esters is 1. The smallest absolute Gasteiger partial charge is 0.414 e. The Balaban J connectivity index is 1.08. The Bertz CT molecular complexity index is 1970. The predicted octanol–water partition coefficient (Wildman–Crippen LogP) is 0.529. The highest BCUT2D eigenvalue weighted by atomic mass is 32.2. The van der Waals surface area contributed by atoms with E-state index in [1.807, 2.05) is 0 Å². The quantitative estimate of drug-likeness (QED) is 0.0977. The van der Waals surface area contributed by atoms with Crippen LogP contribution in [0.5, 0.6) is 11.6 Å². The molecule has 0 spiro atoms. The lowest BCUT2D eigenvalue weighted by Gasteiger charge is -2.21. The number of sulfone groups is 1. The van der Waals surface area contributed by atoms with Crippen molar-refractivity contribution in [2.24, 2.45) is 0 Å². The Hall–Kier alpha value is -5.31. The normalized spacial score (nSPS) is 18.6. The van der Waals surface area contributed by atoms with Crippen molar-refractivity contribution < 1.29 is 60.7 Å². The van der Waals surface area contributed by atoms with Crippen LogP contribution in [0, 0.1) is 5.21 Å². The number of benzene rings is 2. The largest absolute Gasteiger partial charge is 0.454 e. The molecular formula is C29H27F2N5O12S. The van der Waals surface area contributed by atoms with Gasteiger partial charge in [-0.15, -0.1) is 0 Å². The van der Waals surface area contributed by atoms with Gasteiger partial charge in [0.1, 0.15) is 17.7 Å². The molecule has 0 unspecified atom stereocenters. The third kappa shape index (κ3) is 7.72. The van der Waals surface area contributed by atoms with Gasteiger partial charge < -0.3 is 34.9 Å². The molecule has 0 saturated carbocycles. The van der Waals surface area contributed by atoms with Crippen LogP contribution in [0.25, 0.3) is 0 Å². The van der Waals surface area contributed by atoms with Gasteiger partial charge in [-0.05, 0) is 40.8 Å². The van der Waals surface area contributed by atoms with Crippen LogP contribution in [0.1, 0.15) is 24.6 Å². The minimum atomic E-state index is -4.27. The van der Waals surface area contributed by atoms with E-state index < -0.39 is 69.3 Å². The van der Waals surface area contributed by atoms with Gasteiger partial charge in [0, 0.05) is 19.0 Å². The summed E-state index contributed by atoms with van der Waals surface area (Å²) in [5, 5.41) is 35.6. The number of aliphatic hydroxyl groups excluding tert-OH is 2. The predicted molar refractivity (Wildman–Crippen MR) is 157 cm³/mol. The third-order valence-electron chi connectivity index (χ3n) is 7.10. The van der Waals surface area contributed by atoms with Gasteiger partial charge in [0.25, 0.3) is 9.84 Å². The minimum absolute atomic E-state index is 0.0870. The molecule has 2 aromatic carbocycles. The van der Waals surface area contributed by atoms with Crippen molar-refractivity contribution in [3.63, 3.8) is 0 Å². The Morgan fingerprint density at radius 3 is 2.47 bits per heavy atom. The lowest BCUT2D eigenvalue weighted by atomic mass is 10.1. The summed E-state index contributed by atoms with van der Waals surface area (Å²) in [6.45, 7) is -0.992. The van der Waals surface area contributed by atoms with Crippen molar-refractivity contribution in [2.75, 3.05) is 18.5 Å². The summed E-state index contributed by atoms with van der Waals surface area (Å²) in [4.78, 5) is 40.0. The molecule has 1 saturated heterocycles. The van der Waals surface area contributed by atoms with Gasteiger partial charge in [-0.2, -0.15) is 13.8 Å². The van der Waals surface area contributed by atoms with Gasteiger partial charge in [0.2, 0.25) is 12.1 Å². The topological polar surface area (TPSA) is 236 Å². The number of amides is 1. The summed E-state index contributed by atoms with van der Waals surface area (Å²) in [6.07, 6.45) is -5.82. The van der Waals surface area contributed by atoms with Crippen molar-refractivity contribution in [1.29, 1.82) is 0 Å². The molecular weight excluding hydrogens is 680 g/mol. The molecule has 1 aliphatic rings. The molecule has 0 bridgehead atoms. The number of carbonyl (C=O) groups is 2. The Morgan fingerprint density at radius 2 is 1.82 bits per heavy atom. The first-order valence-corrected chi connectivity index (χ1v) is 15.8. The van der Waals surface area contributed by atoms with Crippen molar-refractivity contribution in [3.05, 3.63) is 88.1 Å². The maximum absolute atomic E-state index is 14.3. The number of rotatable bonds is 13. The summed E-state index contributed by atoms with van der Waals surface area (Å²) in [5.74, 6) is -6.04. The Kier molecular flexibility index (Phi) is 10.3. The number of halogens is 2. The van der Waals surface area contributed by atoms with Crippen LogP contribution in [0.4, 0.5) is 14.6 Å². The Morgan fingerprint density at radius 1 is 1.10 bits per heavy atom. The number of nitrogens with zero attached hydrogens (tertiary/aromatic N) is 4. The number of hydrogen-bond donors (Lipinski definition) is 3. The second kappa shape index (κ2) is 14.4. The first-order valence-electron chi connectivity index (χ1n) is 14.3. The number of hydrogen-bond acceptors (Lipinski definition) is 14. The highest BCUT2D eigenvalue weighted by Crippen LogP contribution is 2.42. The van der Waals surface area contributed by atoms with E-state index in [0.29, 0.717) is 10.1 Å². The summed E-state index contributed by atoms with van der Waals surface area (Å²) < 4.78 is 74.8. The monoisotopic (exact) mass is 707 g/mol. The summed E-state index contributed by atoms with van der Waals surface area (Å²) in [7, 11) is -4.27. The fraction of sp³-hybridized carbons (Fsp3) is 0.310. The second-order valence-electron chi connectivity index (χ2n) is 10.5. The molecule has 3 N–H and O–H groups in total. The van der Waals surface area contributed by atoms with Gasteiger partial charge in [0.15, 0.2) is 6.10 Å². The van der Waals surface area contributed by atoms with E-state index in [-0.39, 0.29) is 47.2 Å². The maximum Gasteiger partial charge on any atom is 0.414 e. The van der Waals surface area contributed by atoms with Crippen LogP contribution in [0.15, 0.2) is 86.2 Å². The van der Waals surface area contributed by atoms with E-state index in [4.69, 9.17) is 19.3 Å². The fourth-order valence-electron chi connectivity index (χ4n) is 4.61. The molecule has 49 heavy (non-hydrogen) atoms. The van der Waals surface area contributed by atoms with E-state index in [1.165, 1.54) is 36.4 Å². The van der Waals surface area contributed by atoms with E-state index in [0.717, 1.165) is 12.3 Å². The number of aromatic nitrogens is 4. The van der Waals surface area contributed by atoms with Gasteiger partial charge in [-0.1, -0.05) is 30.3 Å². The molecule has 1 fully saturated rings. The van der Waals surface area contributed by atoms with Crippen molar-refractivity contribution >= 4 is 27.5 Å². The van der Waals surface area contributed by atoms with Crippen LogP contribution in [-0.4, -0.2) is 76.6 Å². The molecule has 5 rings (SSSR count). The SMILES string of the molecule is O=C(CCC(=O)Oc1ccc(CCOc2no[n+]([O-])c2S(=O)(=O)c2ccccc2)cc1)Nc1ccn([C@@H]2O[C@H](CO)[C@@H](O)C2(F)F)c(=O)n1. The van der Waals surface area contributed by atoms with Crippen LogP contribution in [-0.2, 0) is 30.6 Å². The molecule has 2 aromatic heterocycles. The second-order valence-corrected chi connectivity index (χ2v) is 12.3. The average molecular weight is 708 g/mol. The number of carbonyl (C=O) groups excluding carboxylic acids is 2. The van der Waals surface area contributed by atoms with Crippen molar-refractivity contribution in [2.45, 2.75) is 53.5 Å². The summed E-state index contributed by atoms with van der Waals surface area (Å²) >= 11 is 0. The Labute approximate surface area is 274 Å². The minimum Gasteiger partial charge on any atom is -0.454 e. The number of anilines is 1. The van der Waals surface area contributed by atoms with E-state index in [9.17, 15) is 41.9 Å². The van der Waals surface area contributed by atoms with Crippen molar-refractivity contribution in [3.8, 4) is 11.6 Å². The molecule has 260 valence electrons. The lowest BCUT2D eigenvalue weighted by Crippen LogP contribution is -2.41. The molecule has 1 aliphatic heterocycles. The number of aliphatic hydroxyl groups is 2. The van der Waals surface area contributed by atoms with Crippen LogP contribution in [0.2, 0.25) is 0 Å². The molecule has 0 radical (unpaired) electrons. The van der Waals surface area contributed by atoms with E-state index in [1.54, 1.807) is 18.2 Å². The lowest BCUT2D eigenvalue weighted by molar-refractivity contribution is -0.832. The fourth-order valence-corrected chi connectivity index (χ4v) is 5.91. The first-order chi connectivity index (χ1) is 23.3. The van der Waals surface area contributed by atoms with Gasteiger partial charge in [-0.25, -0.2) is 13.2 Å². The standard InChI is InChI=1S/C29H27F2N5O12S/c30-29(31)24(40)20(16-37)47-27(29)35-14-12-21(33-28(35)41)32-22(38)10-11-23(39)46-18-8-6-17(7-9-18)13-15-45-25-26(36(42)48-34-25)49(43,44)19-4-2-1-3-5-19/h1-9,12,14,20,24,27,37,40H,10-11,13,15-16H2,(H,32,33,38,41)/t20-,24-,27-/m1/s1. The van der Waals surface area contributed by atoms with E-state index in [2.05, 4.69) is 20.1 Å². The molecule has 3 atom stereocenters. The van der Waals surface area contributed by atoms with Gasteiger partial charge in [-0.3, -0.25) is 18.8 Å². The number of ether oxygens (including phenoxy) is 3. The highest BCUT2D eigenvalue weighted by Gasteiger charge is 2.59.